The molecule has 8 heteroatoms. The molecule has 1 unspecified atom stereocenters. The molecule has 0 bridgehead atoms. The number of aromatic carboxylic acids is 1. The van der Waals surface area contributed by atoms with Crippen LogP contribution in [0.1, 0.15) is 36.2 Å². The van der Waals surface area contributed by atoms with Crippen molar-refractivity contribution in [2.45, 2.75) is 38.3 Å². The third kappa shape index (κ3) is 4.02. The summed E-state index contributed by atoms with van der Waals surface area (Å²) in [6.45, 7) is 1.68. The number of hydrogen-bond acceptors (Lipinski definition) is 5. The Morgan fingerprint density at radius 1 is 1.45 bits per heavy atom. The van der Waals surface area contributed by atoms with Crippen molar-refractivity contribution in [1.82, 2.24) is 25.6 Å². The van der Waals surface area contributed by atoms with Crippen molar-refractivity contribution in [2.24, 2.45) is 0 Å². The van der Waals surface area contributed by atoms with Gasteiger partial charge in [-0.15, -0.1) is 5.10 Å². The number of carboxylic acids is 1. The molecule has 0 spiro atoms. The predicted molar refractivity (Wildman–Crippen MR) is 70.2 cm³/mol. The number of rotatable bonds is 5. The molecular weight excluding hydrogens is 262 g/mol. The van der Waals surface area contributed by atoms with Crippen LogP contribution in [-0.2, 0) is 11.3 Å². The molecule has 2 heterocycles. The van der Waals surface area contributed by atoms with Crippen LogP contribution in [0.4, 0.5) is 0 Å². The van der Waals surface area contributed by atoms with E-state index in [0.717, 1.165) is 32.2 Å². The molecular formula is C12H19N5O3. The van der Waals surface area contributed by atoms with Crippen molar-refractivity contribution in [3.05, 3.63) is 11.9 Å². The van der Waals surface area contributed by atoms with Gasteiger partial charge in [0, 0.05) is 6.54 Å². The molecule has 1 saturated heterocycles. The van der Waals surface area contributed by atoms with Crippen molar-refractivity contribution in [3.63, 3.8) is 0 Å². The molecule has 0 saturated carbocycles. The van der Waals surface area contributed by atoms with Crippen LogP contribution < -0.4 is 10.6 Å². The van der Waals surface area contributed by atoms with E-state index in [1.54, 1.807) is 0 Å². The fraction of sp³-hybridized carbons (Fsp3) is 0.667. The Morgan fingerprint density at radius 2 is 2.30 bits per heavy atom. The van der Waals surface area contributed by atoms with Gasteiger partial charge in [0.2, 0.25) is 5.91 Å². The maximum atomic E-state index is 11.9. The summed E-state index contributed by atoms with van der Waals surface area (Å²) in [6.07, 6.45) is 5.54. The van der Waals surface area contributed by atoms with E-state index in [-0.39, 0.29) is 17.6 Å². The Morgan fingerprint density at radius 3 is 3.05 bits per heavy atom. The highest BCUT2D eigenvalue weighted by atomic mass is 16.4. The lowest BCUT2D eigenvalue weighted by atomic mass is 10.1. The summed E-state index contributed by atoms with van der Waals surface area (Å²) in [5, 5.41) is 22.0. The maximum Gasteiger partial charge on any atom is 0.358 e. The topological polar surface area (TPSA) is 109 Å². The first-order chi connectivity index (χ1) is 9.66. The number of carboxylic acid groups (broad SMARTS) is 1. The van der Waals surface area contributed by atoms with Gasteiger partial charge >= 0.3 is 5.97 Å². The lowest BCUT2D eigenvalue weighted by Gasteiger charge is -2.15. The highest BCUT2D eigenvalue weighted by molar-refractivity contribution is 5.84. The van der Waals surface area contributed by atoms with Crippen LogP contribution in [0.3, 0.4) is 0 Å². The average Bonchev–Trinajstić information content (AvgIpc) is 2.73. The van der Waals surface area contributed by atoms with Gasteiger partial charge in [-0.3, -0.25) is 4.79 Å². The van der Waals surface area contributed by atoms with Crippen molar-refractivity contribution in [3.8, 4) is 0 Å². The normalized spacial score (nSPS) is 19.3. The summed E-state index contributed by atoms with van der Waals surface area (Å²) in [5.74, 6) is -1.12. The Hall–Kier alpha value is -1.96. The molecule has 0 aromatic carbocycles. The molecule has 2 rings (SSSR count). The van der Waals surface area contributed by atoms with Crippen LogP contribution in [0.5, 0.6) is 0 Å². The number of carbonyl (C=O) groups is 2. The van der Waals surface area contributed by atoms with Gasteiger partial charge < -0.3 is 15.7 Å². The van der Waals surface area contributed by atoms with E-state index in [2.05, 4.69) is 20.9 Å². The lowest BCUT2D eigenvalue weighted by molar-refractivity contribution is -0.123. The van der Waals surface area contributed by atoms with Gasteiger partial charge in [0.25, 0.3) is 0 Å². The standard InChI is InChI=1S/C12H19N5O3/c18-11(9-4-2-1-3-5-13-9)14-6-7-17-8-10(12(19)20)15-16-17/h8-9,13H,1-7H2,(H,14,18)(H,19,20). The smallest absolute Gasteiger partial charge is 0.358 e. The molecule has 1 aliphatic heterocycles. The van der Waals surface area contributed by atoms with Gasteiger partial charge in [-0.1, -0.05) is 18.1 Å². The van der Waals surface area contributed by atoms with Gasteiger partial charge in [-0.2, -0.15) is 0 Å². The summed E-state index contributed by atoms with van der Waals surface area (Å²) in [5.41, 5.74) is -0.0956. The Bertz CT molecular complexity index is 465. The van der Waals surface area contributed by atoms with E-state index < -0.39 is 5.97 Å². The minimum atomic E-state index is -1.11. The van der Waals surface area contributed by atoms with Gasteiger partial charge in [0.15, 0.2) is 5.69 Å². The highest BCUT2D eigenvalue weighted by Crippen LogP contribution is 2.08. The minimum absolute atomic E-state index is 0.00882. The number of carbonyl (C=O) groups excluding carboxylic acids is 1. The van der Waals surface area contributed by atoms with Crippen LogP contribution in [0.2, 0.25) is 0 Å². The lowest BCUT2D eigenvalue weighted by Crippen LogP contribution is -2.44. The molecule has 8 nitrogen and oxygen atoms in total. The molecule has 0 radical (unpaired) electrons. The zero-order valence-electron chi connectivity index (χ0n) is 11.2. The molecule has 1 aliphatic rings. The molecule has 1 fully saturated rings. The van der Waals surface area contributed by atoms with Gasteiger partial charge in [-0.05, 0) is 19.4 Å². The van der Waals surface area contributed by atoms with Crippen LogP contribution in [0.15, 0.2) is 6.20 Å². The number of amides is 1. The largest absolute Gasteiger partial charge is 0.476 e. The quantitative estimate of drug-likeness (QED) is 0.679. The zero-order chi connectivity index (χ0) is 14.4. The summed E-state index contributed by atoms with van der Waals surface area (Å²) in [4.78, 5) is 22.6. The molecule has 20 heavy (non-hydrogen) atoms. The van der Waals surface area contributed by atoms with E-state index in [4.69, 9.17) is 5.11 Å². The fourth-order valence-corrected chi connectivity index (χ4v) is 2.17. The van der Waals surface area contributed by atoms with Gasteiger partial charge in [0.05, 0.1) is 18.8 Å². The molecule has 3 N–H and O–H groups in total. The van der Waals surface area contributed by atoms with Crippen molar-refractivity contribution in [2.75, 3.05) is 13.1 Å². The second kappa shape index (κ2) is 6.99. The first-order valence-corrected chi connectivity index (χ1v) is 6.81. The van der Waals surface area contributed by atoms with Crippen LogP contribution >= 0.6 is 0 Å². The van der Waals surface area contributed by atoms with Gasteiger partial charge in [0.1, 0.15) is 0 Å². The number of nitrogens with one attached hydrogen (secondary N) is 2. The van der Waals surface area contributed by atoms with E-state index >= 15 is 0 Å². The summed E-state index contributed by atoms with van der Waals surface area (Å²) in [6, 6.07) is -0.122. The summed E-state index contributed by atoms with van der Waals surface area (Å²) < 4.78 is 1.41. The summed E-state index contributed by atoms with van der Waals surface area (Å²) >= 11 is 0. The van der Waals surface area contributed by atoms with E-state index in [0.29, 0.717) is 13.1 Å². The second-order valence-corrected chi connectivity index (χ2v) is 4.82. The van der Waals surface area contributed by atoms with E-state index in [1.165, 1.54) is 10.9 Å². The Kier molecular flexibility index (Phi) is 5.05. The predicted octanol–water partition coefficient (Wildman–Crippen LogP) is -0.375. The molecule has 110 valence electrons. The second-order valence-electron chi connectivity index (χ2n) is 4.82. The van der Waals surface area contributed by atoms with Crippen LogP contribution in [-0.4, -0.2) is 51.1 Å². The molecule has 1 aromatic heterocycles. The average molecular weight is 281 g/mol. The first-order valence-electron chi connectivity index (χ1n) is 6.81. The first kappa shape index (κ1) is 14.4. The Balaban J connectivity index is 1.74. The number of hydrogen-bond donors (Lipinski definition) is 3. The van der Waals surface area contributed by atoms with E-state index in [1.807, 2.05) is 0 Å². The highest BCUT2D eigenvalue weighted by Gasteiger charge is 2.18. The van der Waals surface area contributed by atoms with Crippen molar-refractivity contribution < 1.29 is 14.7 Å². The summed E-state index contributed by atoms with van der Waals surface area (Å²) in [7, 11) is 0. The fourth-order valence-electron chi connectivity index (χ4n) is 2.17. The molecule has 1 atom stereocenters. The third-order valence-electron chi connectivity index (χ3n) is 3.27. The maximum absolute atomic E-state index is 11.9. The number of aromatic nitrogens is 3. The Labute approximate surface area is 116 Å². The molecule has 1 amide bonds. The zero-order valence-corrected chi connectivity index (χ0v) is 11.2. The molecule has 0 aliphatic carbocycles. The van der Waals surface area contributed by atoms with Crippen molar-refractivity contribution in [1.29, 1.82) is 0 Å². The number of nitrogens with zero attached hydrogens (tertiary/aromatic N) is 3. The van der Waals surface area contributed by atoms with Crippen molar-refractivity contribution >= 4 is 11.9 Å². The SMILES string of the molecule is O=C(O)c1cn(CCNC(=O)C2CCCCCN2)nn1. The molecule has 1 aromatic rings. The monoisotopic (exact) mass is 281 g/mol. The minimum Gasteiger partial charge on any atom is -0.476 e. The van der Waals surface area contributed by atoms with Crippen LogP contribution in [0.25, 0.3) is 0 Å². The van der Waals surface area contributed by atoms with E-state index in [9.17, 15) is 9.59 Å². The van der Waals surface area contributed by atoms with Crippen LogP contribution in [0, 0.1) is 0 Å². The van der Waals surface area contributed by atoms with Gasteiger partial charge in [-0.25, -0.2) is 9.48 Å². The third-order valence-corrected chi connectivity index (χ3v) is 3.27.